The van der Waals surface area contributed by atoms with Gasteiger partial charge in [-0.25, -0.2) is 0 Å². The van der Waals surface area contributed by atoms with Gasteiger partial charge in [0.2, 0.25) is 0 Å². The molecular formula is C12H8Cl2. The van der Waals surface area contributed by atoms with E-state index < -0.39 is 0 Å². The van der Waals surface area contributed by atoms with Gasteiger partial charge >= 0.3 is 0 Å². The van der Waals surface area contributed by atoms with Crippen LogP contribution in [0.4, 0.5) is 0 Å². The molecule has 0 nitrogen and oxygen atoms in total. The third-order valence-corrected chi connectivity index (χ3v) is 2.53. The van der Waals surface area contributed by atoms with Crippen molar-refractivity contribution in [2.75, 3.05) is 0 Å². The molecular weight excluding hydrogens is 239 g/mol. The van der Waals surface area contributed by atoms with Crippen LogP contribution < -0.4 is 0 Å². The number of halogens is 2. The van der Waals surface area contributed by atoms with Gasteiger partial charge in [-0.2, -0.15) is 0 Å². The number of hydrogen-bond acceptors (Lipinski definition) is 0. The van der Waals surface area contributed by atoms with Gasteiger partial charge in [0.15, 0.2) is 0 Å². The molecule has 0 spiro atoms. The zero-order valence-corrected chi connectivity index (χ0v) is 8.89. The van der Waals surface area contributed by atoms with E-state index in [0.29, 0.717) is 0 Å². The highest BCUT2D eigenvalue weighted by Crippen LogP contribution is 2.22. The second kappa shape index (κ2) is 4.04. The van der Waals surface area contributed by atoms with E-state index in [0.717, 1.165) is 21.2 Å². The molecule has 0 saturated heterocycles. The van der Waals surface area contributed by atoms with Gasteiger partial charge in [0, 0.05) is 10.0 Å². The van der Waals surface area contributed by atoms with Gasteiger partial charge in [-0.15, -0.1) is 0 Å². The van der Waals surface area contributed by atoms with Crippen molar-refractivity contribution in [3.8, 4) is 11.1 Å². The predicted molar refractivity (Wildman–Crippen MR) is 61.9 cm³/mol. The highest BCUT2D eigenvalue weighted by molar-refractivity contribution is 6.31. The Bertz CT molecular complexity index is 372. The summed E-state index contributed by atoms with van der Waals surface area (Å²) in [6.45, 7) is 0. The summed E-state index contributed by atoms with van der Waals surface area (Å²) in [6.07, 6.45) is 0. The van der Waals surface area contributed by atoms with Crippen LogP contribution in [-0.4, -0.2) is 0 Å². The van der Waals surface area contributed by atoms with Crippen molar-refractivity contribution in [2.24, 2.45) is 0 Å². The minimum Gasteiger partial charge on any atom is -0.0843 e. The Labute approximate surface area is 93.1 Å². The largest absolute Gasteiger partial charge is 0.0843 e. The molecule has 0 bridgehead atoms. The third kappa shape index (κ3) is 2.09. The zero-order chi connectivity index (χ0) is 9.97. The van der Waals surface area contributed by atoms with E-state index in [9.17, 15) is 0 Å². The van der Waals surface area contributed by atoms with Crippen molar-refractivity contribution in [1.82, 2.24) is 0 Å². The van der Waals surface area contributed by atoms with Crippen LogP contribution in [0.1, 0.15) is 0 Å². The summed E-state index contributed by atoms with van der Waals surface area (Å²) in [5.74, 6) is 0. The standard InChI is InChI=1S/C12H8Cl2/c13-11-5-1-9(2-6-11)10-3-7-12(14)8-4-10/h1-8H/i1+2,2+2,3+2,4+2,5+2,6+2,7+2,8+2,9+2,10+2,11+2,12+2. The van der Waals surface area contributed by atoms with E-state index >= 15 is 0 Å². The Hall–Kier alpha value is -0.980. The summed E-state index contributed by atoms with van der Waals surface area (Å²) in [7, 11) is 0. The highest BCUT2D eigenvalue weighted by atomic mass is 35.5. The summed E-state index contributed by atoms with van der Waals surface area (Å²) < 4.78 is 0. The topological polar surface area (TPSA) is 0 Å². The lowest BCUT2D eigenvalue weighted by Crippen LogP contribution is -1.76. The molecule has 2 aromatic carbocycles. The maximum atomic E-state index is 5.80. The van der Waals surface area contributed by atoms with Crippen LogP contribution in [0.25, 0.3) is 11.1 Å². The van der Waals surface area contributed by atoms with Crippen molar-refractivity contribution < 1.29 is 0 Å². The molecule has 0 fully saturated rings. The molecule has 0 aromatic heterocycles. The van der Waals surface area contributed by atoms with Crippen LogP contribution in [0.2, 0.25) is 10.0 Å². The molecule has 0 aliphatic heterocycles. The fraction of sp³-hybridized carbons (Fsp3) is 0. The average Bonchev–Trinajstić information content (AvgIpc) is 2.21. The lowest BCUT2D eigenvalue weighted by Gasteiger charge is -2.01. The molecule has 0 saturated carbocycles. The lowest BCUT2D eigenvalue weighted by atomic mass is 12.1. The van der Waals surface area contributed by atoms with Crippen LogP contribution >= 0.6 is 23.2 Å². The van der Waals surface area contributed by atoms with Gasteiger partial charge in [0.1, 0.15) is 0 Å². The Morgan fingerprint density at radius 1 is 0.500 bits per heavy atom. The maximum absolute atomic E-state index is 5.80. The molecule has 0 amide bonds. The molecule has 2 aromatic rings. The van der Waals surface area contributed by atoms with Gasteiger partial charge in [0.05, 0.1) is 0 Å². The van der Waals surface area contributed by atoms with E-state index in [1.54, 1.807) is 0 Å². The Morgan fingerprint density at radius 2 is 0.786 bits per heavy atom. The minimum absolute atomic E-state index is 0.753. The van der Waals surface area contributed by atoms with Gasteiger partial charge in [-0.3, -0.25) is 0 Å². The number of benzene rings is 2. The summed E-state index contributed by atoms with van der Waals surface area (Å²) in [5.41, 5.74) is 2.29. The van der Waals surface area contributed by atoms with Gasteiger partial charge < -0.3 is 0 Å². The fourth-order valence-electron chi connectivity index (χ4n) is 1.28. The molecule has 14 heavy (non-hydrogen) atoms. The first-order valence-electron chi connectivity index (χ1n) is 4.27. The SMILES string of the molecule is Cl[14c]1[14cH][14cH][14c](-[14c]2[14cH][14cH][14c](Cl)[14cH][14cH]2)[14cH][14cH]1. The van der Waals surface area contributed by atoms with E-state index in [2.05, 4.69) is 0 Å². The van der Waals surface area contributed by atoms with Crippen molar-refractivity contribution in [3.63, 3.8) is 0 Å². The molecule has 0 atom stereocenters. The lowest BCUT2D eigenvalue weighted by molar-refractivity contribution is 1.62. The summed E-state index contributed by atoms with van der Waals surface area (Å²) in [6, 6.07) is 15.5. The van der Waals surface area contributed by atoms with Crippen LogP contribution in [0.15, 0.2) is 48.5 Å². The van der Waals surface area contributed by atoms with Crippen molar-refractivity contribution in [2.45, 2.75) is 0 Å². The van der Waals surface area contributed by atoms with E-state index in [4.69, 9.17) is 23.2 Å². The fourth-order valence-corrected chi connectivity index (χ4v) is 1.54. The predicted octanol–water partition coefficient (Wildman–Crippen LogP) is 4.66. The molecule has 0 aliphatic rings. The van der Waals surface area contributed by atoms with Crippen LogP contribution in [0.3, 0.4) is 0 Å². The van der Waals surface area contributed by atoms with Crippen molar-refractivity contribution in [3.05, 3.63) is 58.6 Å². The van der Waals surface area contributed by atoms with E-state index in [-0.39, 0.29) is 0 Å². The van der Waals surface area contributed by atoms with E-state index in [1.165, 1.54) is 0 Å². The van der Waals surface area contributed by atoms with Crippen LogP contribution in [0, 0.1) is 0 Å². The monoisotopic (exact) mass is 246 g/mol. The average molecular weight is 247 g/mol. The Morgan fingerprint density at radius 3 is 1.07 bits per heavy atom. The van der Waals surface area contributed by atoms with E-state index in [1.807, 2.05) is 48.5 Å². The summed E-state index contributed by atoms with van der Waals surface area (Å²) in [4.78, 5) is 0. The van der Waals surface area contributed by atoms with Gasteiger partial charge in [-0.1, -0.05) is 47.5 Å². The molecule has 0 unspecified atom stereocenters. The normalized spacial score (nSPS) is 10.1. The molecule has 70 valence electrons. The number of rotatable bonds is 1. The minimum atomic E-state index is 0.753. The highest BCUT2D eigenvalue weighted by Gasteiger charge is 1.96. The van der Waals surface area contributed by atoms with Crippen LogP contribution in [0.5, 0.6) is 0 Å². The van der Waals surface area contributed by atoms with Crippen molar-refractivity contribution in [1.29, 1.82) is 0 Å². The smallest absolute Gasteiger partial charge is 0.0406 e. The quantitative estimate of drug-likeness (QED) is 0.687. The maximum Gasteiger partial charge on any atom is 0.0406 e. The van der Waals surface area contributed by atoms with Crippen molar-refractivity contribution >= 4 is 23.2 Å². The third-order valence-electron chi connectivity index (χ3n) is 2.02. The number of hydrogen-bond donors (Lipinski definition) is 0. The second-order valence-corrected chi connectivity index (χ2v) is 3.89. The molecule has 0 N–H and O–H groups in total. The molecule has 2 rings (SSSR count). The Kier molecular flexibility index (Phi) is 2.76. The Balaban J connectivity index is 2.40. The first-order chi connectivity index (χ1) is 6.75. The molecule has 0 heterocycles. The summed E-state index contributed by atoms with van der Waals surface area (Å²) >= 11 is 11.6. The van der Waals surface area contributed by atoms with Crippen LogP contribution in [-0.2, 0) is 0 Å². The first-order valence-corrected chi connectivity index (χ1v) is 5.03. The summed E-state index contributed by atoms with van der Waals surface area (Å²) in [5, 5.41) is 1.51. The van der Waals surface area contributed by atoms with Gasteiger partial charge in [0.25, 0.3) is 0 Å². The molecule has 0 radical (unpaired) electrons. The molecule has 2 heteroatoms. The zero-order valence-electron chi connectivity index (χ0n) is 7.37. The van der Waals surface area contributed by atoms with Gasteiger partial charge in [-0.05, 0) is 35.4 Å². The first kappa shape index (κ1) is 9.57. The molecule has 0 aliphatic carbocycles. The second-order valence-electron chi connectivity index (χ2n) is 3.01.